The van der Waals surface area contributed by atoms with Crippen LogP contribution in [0.1, 0.15) is 36.8 Å². The molecular formula is C19H23N3O. The molecule has 0 unspecified atom stereocenters. The van der Waals surface area contributed by atoms with Gasteiger partial charge in [-0.3, -0.25) is 14.9 Å². The van der Waals surface area contributed by atoms with Crippen molar-refractivity contribution >= 4 is 0 Å². The van der Waals surface area contributed by atoms with E-state index in [0.29, 0.717) is 5.92 Å². The number of rotatable bonds is 5. The number of aromatic nitrogens is 2. The molecule has 0 aromatic carbocycles. The van der Waals surface area contributed by atoms with Gasteiger partial charge in [0.05, 0.1) is 0 Å². The Morgan fingerprint density at radius 3 is 2.00 bits per heavy atom. The largest absolute Gasteiger partial charge is 0.379 e. The number of nitrogens with zero attached hydrogens (tertiary/aromatic N) is 3. The molecule has 0 amide bonds. The summed E-state index contributed by atoms with van der Waals surface area (Å²) in [7, 11) is 0. The normalized spacial score (nSPS) is 20.6. The van der Waals surface area contributed by atoms with Crippen molar-refractivity contribution in [1.82, 2.24) is 14.9 Å². The van der Waals surface area contributed by atoms with Crippen LogP contribution in [0.25, 0.3) is 0 Å². The van der Waals surface area contributed by atoms with Gasteiger partial charge in [0.25, 0.3) is 0 Å². The molecule has 2 aromatic heterocycles. The average Bonchev–Trinajstić information content (AvgIpc) is 3.30. The van der Waals surface area contributed by atoms with E-state index in [1.807, 2.05) is 24.3 Å². The van der Waals surface area contributed by atoms with Gasteiger partial charge in [0, 0.05) is 42.0 Å². The minimum absolute atomic E-state index is 0.110. The molecule has 1 aliphatic carbocycles. The third-order valence-electron chi connectivity index (χ3n) is 5.23. The molecule has 0 bridgehead atoms. The van der Waals surface area contributed by atoms with Gasteiger partial charge in [0.2, 0.25) is 0 Å². The summed E-state index contributed by atoms with van der Waals surface area (Å²) >= 11 is 0. The number of likely N-dealkylation sites (tertiary alicyclic amines) is 1. The zero-order valence-corrected chi connectivity index (χ0v) is 13.3. The van der Waals surface area contributed by atoms with Crippen LogP contribution in [0, 0.1) is 5.92 Å². The molecule has 0 spiro atoms. The van der Waals surface area contributed by atoms with Crippen molar-refractivity contribution in [2.24, 2.45) is 5.92 Å². The molecule has 4 rings (SSSR count). The van der Waals surface area contributed by atoms with Crippen molar-refractivity contribution in [3.05, 3.63) is 60.2 Å². The first-order chi connectivity index (χ1) is 11.3. The Hall–Kier alpha value is -1.78. The van der Waals surface area contributed by atoms with E-state index in [0.717, 1.165) is 24.2 Å². The summed E-state index contributed by atoms with van der Waals surface area (Å²) in [6.45, 7) is 2.15. The second-order valence-corrected chi connectivity index (χ2v) is 6.78. The second-order valence-electron chi connectivity index (χ2n) is 6.78. The lowest BCUT2D eigenvalue weighted by molar-refractivity contribution is -0.0237. The Morgan fingerprint density at radius 2 is 1.57 bits per heavy atom. The van der Waals surface area contributed by atoms with E-state index in [9.17, 15) is 5.11 Å². The Bertz CT molecular complexity index is 597. The van der Waals surface area contributed by atoms with Crippen LogP contribution in [0.2, 0.25) is 0 Å². The van der Waals surface area contributed by atoms with Gasteiger partial charge in [0.15, 0.2) is 0 Å². The van der Waals surface area contributed by atoms with Crippen LogP contribution in [0.15, 0.2) is 49.1 Å². The summed E-state index contributed by atoms with van der Waals surface area (Å²) in [5, 5.41) is 12.0. The summed E-state index contributed by atoms with van der Waals surface area (Å²) in [4.78, 5) is 11.0. The van der Waals surface area contributed by atoms with Crippen molar-refractivity contribution < 1.29 is 5.11 Å². The molecule has 1 saturated carbocycles. The maximum Gasteiger partial charge on any atom is 0.133 e. The van der Waals surface area contributed by atoms with Crippen LogP contribution in [-0.2, 0) is 5.60 Å². The summed E-state index contributed by atoms with van der Waals surface area (Å²) in [6.07, 6.45) is 12.0. The average molecular weight is 309 g/mol. The smallest absolute Gasteiger partial charge is 0.133 e. The van der Waals surface area contributed by atoms with Crippen molar-refractivity contribution in [3.63, 3.8) is 0 Å². The van der Waals surface area contributed by atoms with Crippen molar-refractivity contribution in [1.29, 1.82) is 0 Å². The molecule has 1 atom stereocenters. The molecule has 0 radical (unpaired) electrons. The van der Waals surface area contributed by atoms with E-state index in [4.69, 9.17) is 0 Å². The highest BCUT2D eigenvalue weighted by Gasteiger charge is 2.51. The molecule has 3 heterocycles. The van der Waals surface area contributed by atoms with Gasteiger partial charge in [-0.1, -0.05) is 12.1 Å². The first-order valence-electron chi connectivity index (χ1n) is 8.57. The van der Waals surface area contributed by atoms with Gasteiger partial charge >= 0.3 is 0 Å². The predicted molar refractivity (Wildman–Crippen MR) is 88.8 cm³/mol. The number of hydrogen-bond acceptors (Lipinski definition) is 4. The van der Waals surface area contributed by atoms with Gasteiger partial charge in [-0.2, -0.15) is 0 Å². The van der Waals surface area contributed by atoms with E-state index in [-0.39, 0.29) is 6.04 Å². The fourth-order valence-corrected chi connectivity index (χ4v) is 4.02. The molecule has 1 saturated heterocycles. The van der Waals surface area contributed by atoms with E-state index >= 15 is 0 Å². The molecule has 4 nitrogen and oxygen atoms in total. The van der Waals surface area contributed by atoms with Gasteiger partial charge in [-0.15, -0.1) is 0 Å². The van der Waals surface area contributed by atoms with Crippen LogP contribution < -0.4 is 0 Å². The summed E-state index contributed by atoms with van der Waals surface area (Å²) in [5.41, 5.74) is 0.696. The number of pyridine rings is 2. The van der Waals surface area contributed by atoms with Crippen LogP contribution in [-0.4, -0.2) is 39.1 Å². The molecule has 120 valence electrons. The summed E-state index contributed by atoms with van der Waals surface area (Å²) < 4.78 is 0. The fraction of sp³-hybridized carbons (Fsp3) is 0.474. The minimum Gasteiger partial charge on any atom is -0.379 e. The Kier molecular flexibility index (Phi) is 3.87. The van der Waals surface area contributed by atoms with Gasteiger partial charge < -0.3 is 5.11 Å². The highest BCUT2D eigenvalue weighted by Crippen LogP contribution is 2.47. The third kappa shape index (κ3) is 2.66. The van der Waals surface area contributed by atoms with Crippen LogP contribution in [0.4, 0.5) is 0 Å². The van der Waals surface area contributed by atoms with Crippen LogP contribution in [0.5, 0.6) is 0 Å². The Labute approximate surface area is 137 Å². The minimum atomic E-state index is -1.05. The highest BCUT2D eigenvalue weighted by molar-refractivity contribution is 5.36. The maximum atomic E-state index is 12.0. The van der Waals surface area contributed by atoms with Crippen molar-refractivity contribution in [3.8, 4) is 0 Å². The predicted octanol–water partition coefficient (Wildman–Crippen LogP) is 2.59. The molecule has 23 heavy (non-hydrogen) atoms. The standard InChI is InChI=1S/C19H23N3O/c23-19(16-5-3-9-20-13-16,17-6-4-10-21-14-17)18(15-7-8-15)22-11-1-2-12-22/h3-6,9-10,13-15,18,23H,1-2,7-8,11-12H2/t18-/m0/s1. The Balaban J connectivity index is 1.84. The molecule has 1 aliphatic heterocycles. The van der Waals surface area contributed by atoms with E-state index in [2.05, 4.69) is 14.9 Å². The number of aliphatic hydroxyl groups is 1. The lowest BCUT2D eigenvalue weighted by Gasteiger charge is -2.42. The molecule has 2 aliphatic rings. The zero-order chi connectivity index (χ0) is 15.7. The molecule has 2 fully saturated rings. The van der Waals surface area contributed by atoms with Crippen LogP contribution >= 0.6 is 0 Å². The monoisotopic (exact) mass is 309 g/mol. The zero-order valence-electron chi connectivity index (χ0n) is 13.3. The van der Waals surface area contributed by atoms with Gasteiger partial charge in [0.1, 0.15) is 5.60 Å². The molecule has 4 heteroatoms. The quantitative estimate of drug-likeness (QED) is 0.922. The number of hydrogen-bond donors (Lipinski definition) is 1. The Morgan fingerprint density at radius 1 is 1.00 bits per heavy atom. The maximum absolute atomic E-state index is 12.0. The lowest BCUT2D eigenvalue weighted by atomic mass is 9.78. The molecular weight excluding hydrogens is 286 g/mol. The van der Waals surface area contributed by atoms with Crippen LogP contribution in [0.3, 0.4) is 0 Å². The first-order valence-corrected chi connectivity index (χ1v) is 8.57. The SMILES string of the molecule is OC(c1cccnc1)(c1cccnc1)[C@H](C1CC1)N1CCCC1. The summed E-state index contributed by atoms with van der Waals surface area (Å²) in [6, 6.07) is 7.91. The molecule has 1 N–H and O–H groups in total. The first kappa shape index (κ1) is 14.8. The van der Waals surface area contributed by atoms with E-state index in [1.54, 1.807) is 24.8 Å². The van der Waals surface area contributed by atoms with Gasteiger partial charge in [-0.05, 0) is 56.8 Å². The lowest BCUT2D eigenvalue weighted by Crippen LogP contribution is -2.52. The van der Waals surface area contributed by atoms with Crippen molar-refractivity contribution in [2.75, 3.05) is 13.1 Å². The van der Waals surface area contributed by atoms with Gasteiger partial charge in [-0.25, -0.2) is 0 Å². The highest BCUT2D eigenvalue weighted by atomic mass is 16.3. The topological polar surface area (TPSA) is 49.3 Å². The third-order valence-corrected chi connectivity index (χ3v) is 5.23. The van der Waals surface area contributed by atoms with E-state index in [1.165, 1.54) is 25.7 Å². The fourth-order valence-electron chi connectivity index (χ4n) is 4.02. The summed E-state index contributed by atoms with van der Waals surface area (Å²) in [5.74, 6) is 0.554. The second kappa shape index (κ2) is 6.02. The van der Waals surface area contributed by atoms with E-state index < -0.39 is 5.60 Å². The van der Waals surface area contributed by atoms with Crippen molar-refractivity contribution in [2.45, 2.75) is 37.3 Å². The molecule has 2 aromatic rings.